The highest BCUT2D eigenvalue weighted by atomic mass is 16.2. The lowest BCUT2D eigenvalue weighted by Crippen LogP contribution is -2.38. The van der Waals surface area contributed by atoms with Crippen molar-refractivity contribution in [1.82, 2.24) is 20.2 Å². The highest BCUT2D eigenvalue weighted by molar-refractivity contribution is 5.96. The van der Waals surface area contributed by atoms with Gasteiger partial charge in [-0.1, -0.05) is 25.5 Å². The molecule has 0 radical (unpaired) electrons. The Bertz CT molecular complexity index is 774. The van der Waals surface area contributed by atoms with Gasteiger partial charge in [0.25, 0.3) is 5.91 Å². The molecule has 0 saturated heterocycles. The summed E-state index contributed by atoms with van der Waals surface area (Å²) in [4.78, 5) is 36.5. The van der Waals surface area contributed by atoms with Crippen LogP contribution in [0.4, 0.5) is 5.82 Å². The highest BCUT2D eigenvalue weighted by Gasteiger charge is 2.16. The van der Waals surface area contributed by atoms with Crippen molar-refractivity contribution in [3.63, 3.8) is 0 Å². The van der Waals surface area contributed by atoms with E-state index in [0.29, 0.717) is 12.1 Å². The van der Waals surface area contributed by atoms with E-state index in [0.717, 1.165) is 29.9 Å². The monoisotopic (exact) mass is 369 g/mol. The van der Waals surface area contributed by atoms with Crippen molar-refractivity contribution < 1.29 is 9.59 Å². The number of amides is 2. The first-order valence-corrected chi connectivity index (χ1v) is 9.05. The molecule has 2 amide bonds. The zero-order chi connectivity index (χ0) is 19.8. The molecule has 1 aromatic heterocycles. The number of unbranched alkanes of at least 4 members (excludes halogenated alkanes) is 1. The molecule has 7 heteroatoms. The number of hydrogen-bond acceptors (Lipinski definition) is 5. The summed E-state index contributed by atoms with van der Waals surface area (Å²) in [6.07, 6.45) is 5.24. The van der Waals surface area contributed by atoms with Crippen LogP contribution in [0, 0.1) is 0 Å². The fraction of sp³-hybridized carbons (Fsp3) is 0.400. The van der Waals surface area contributed by atoms with Crippen molar-refractivity contribution in [2.24, 2.45) is 0 Å². The summed E-state index contributed by atoms with van der Waals surface area (Å²) in [6, 6.07) is 7.19. The van der Waals surface area contributed by atoms with Gasteiger partial charge in [-0.15, -0.1) is 0 Å². The van der Waals surface area contributed by atoms with Crippen LogP contribution < -0.4 is 10.2 Å². The van der Waals surface area contributed by atoms with Gasteiger partial charge in [0, 0.05) is 51.2 Å². The van der Waals surface area contributed by atoms with Gasteiger partial charge in [-0.05, 0) is 18.6 Å². The minimum atomic E-state index is -0.195. The largest absolute Gasteiger partial charge is 0.361 e. The molecule has 0 aliphatic heterocycles. The Balaban J connectivity index is 2.06. The molecule has 144 valence electrons. The van der Waals surface area contributed by atoms with Gasteiger partial charge in [-0.25, -0.2) is 4.98 Å². The maximum atomic E-state index is 12.5. The Hall–Kier alpha value is -2.96. The lowest BCUT2D eigenvalue weighted by Gasteiger charge is -2.17. The van der Waals surface area contributed by atoms with Crippen LogP contribution in [0.5, 0.6) is 0 Å². The van der Waals surface area contributed by atoms with Crippen molar-refractivity contribution in [1.29, 1.82) is 0 Å². The minimum Gasteiger partial charge on any atom is -0.361 e. The van der Waals surface area contributed by atoms with E-state index in [4.69, 9.17) is 0 Å². The Kier molecular flexibility index (Phi) is 7.28. The molecule has 1 heterocycles. The number of nitrogens with zero attached hydrogens (tertiary/aromatic N) is 4. The first kappa shape index (κ1) is 20.4. The summed E-state index contributed by atoms with van der Waals surface area (Å²) in [6.45, 7) is 2.74. The second kappa shape index (κ2) is 9.66. The van der Waals surface area contributed by atoms with Crippen molar-refractivity contribution in [2.75, 3.05) is 39.1 Å². The van der Waals surface area contributed by atoms with Crippen molar-refractivity contribution in [3.05, 3.63) is 42.2 Å². The first-order chi connectivity index (χ1) is 12.9. The number of aromatic nitrogens is 2. The van der Waals surface area contributed by atoms with Crippen LogP contribution in [0.1, 0.15) is 30.1 Å². The molecule has 1 N–H and O–H groups in total. The fourth-order valence-corrected chi connectivity index (χ4v) is 2.60. The number of benzene rings is 1. The molecule has 2 rings (SSSR count). The molecule has 0 fully saturated rings. The molecular weight excluding hydrogens is 342 g/mol. The number of anilines is 1. The molecule has 2 aromatic rings. The van der Waals surface area contributed by atoms with E-state index in [1.807, 2.05) is 31.1 Å². The van der Waals surface area contributed by atoms with Crippen molar-refractivity contribution >= 4 is 17.6 Å². The molecule has 0 aliphatic carbocycles. The van der Waals surface area contributed by atoms with E-state index in [1.165, 1.54) is 4.90 Å². The summed E-state index contributed by atoms with van der Waals surface area (Å²) in [5.74, 6) is 0.419. The third-order valence-corrected chi connectivity index (χ3v) is 4.09. The minimum absolute atomic E-state index is 0.0409. The standard InChI is InChI=1S/C20H27N5O2/c1-5-6-11-21-17(26)14-25(4)20(27)16-9-7-15(8-10-16)18-19(24(2)3)23-13-12-22-18/h7-10,12-13H,5-6,11,14H2,1-4H3,(H,21,26). The Morgan fingerprint density at radius 1 is 1.04 bits per heavy atom. The zero-order valence-electron chi connectivity index (χ0n) is 16.4. The van der Waals surface area contributed by atoms with Gasteiger partial charge in [0.1, 0.15) is 5.69 Å². The molecule has 27 heavy (non-hydrogen) atoms. The van der Waals surface area contributed by atoms with Crippen LogP contribution in [0.25, 0.3) is 11.3 Å². The third-order valence-electron chi connectivity index (χ3n) is 4.09. The molecule has 7 nitrogen and oxygen atoms in total. The van der Waals surface area contributed by atoms with Crippen LogP contribution >= 0.6 is 0 Å². The number of carbonyl (C=O) groups excluding carboxylic acids is 2. The van der Waals surface area contributed by atoms with E-state index in [9.17, 15) is 9.59 Å². The lowest BCUT2D eigenvalue weighted by atomic mass is 10.1. The van der Waals surface area contributed by atoms with Crippen LogP contribution in [0.15, 0.2) is 36.7 Å². The van der Waals surface area contributed by atoms with Gasteiger partial charge in [0.2, 0.25) is 5.91 Å². The maximum Gasteiger partial charge on any atom is 0.254 e. The summed E-state index contributed by atoms with van der Waals surface area (Å²) in [5, 5.41) is 2.82. The van der Waals surface area contributed by atoms with Crippen LogP contribution in [0.3, 0.4) is 0 Å². The van der Waals surface area contributed by atoms with Crippen LogP contribution in [-0.4, -0.2) is 60.9 Å². The Morgan fingerprint density at radius 2 is 1.70 bits per heavy atom. The number of likely N-dealkylation sites (N-methyl/N-ethyl adjacent to an activating group) is 1. The molecule has 1 aromatic carbocycles. The second-order valence-corrected chi connectivity index (χ2v) is 6.57. The maximum absolute atomic E-state index is 12.5. The number of carbonyl (C=O) groups is 2. The van der Waals surface area contributed by atoms with Crippen molar-refractivity contribution in [3.8, 4) is 11.3 Å². The molecule has 0 saturated carbocycles. The molecule has 0 aliphatic rings. The van der Waals surface area contributed by atoms with Crippen molar-refractivity contribution in [2.45, 2.75) is 19.8 Å². The zero-order valence-corrected chi connectivity index (χ0v) is 16.4. The summed E-state index contributed by atoms with van der Waals surface area (Å²) in [7, 11) is 5.44. The molecule has 0 bridgehead atoms. The van der Waals surface area contributed by atoms with Gasteiger partial charge in [-0.3, -0.25) is 14.6 Å². The summed E-state index contributed by atoms with van der Waals surface area (Å²) >= 11 is 0. The quantitative estimate of drug-likeness (QED) is 0.722. The Labute approximate surface area is 160 Å². The average Bonchev–Trinajstić information content (AvgIpc) is 2.67. The van der Waals surface area contributed by atoms with E-state index >= 15 is 0 Å². The van der Waals surface area contributed by atoms with E-state index in [-0.39, 0.29) is 18.4 Å². The third kappa shape index (κ3) is 5.51. The summed E-state index contributed by atoms with van der Waals surface area (Å²) < 4.78 is 0. The average molecular weight is 369 g/mol. The predicted molar refractivity (Wildman–Crippen MR) is 107 cm³/mol. The number of hydrogen-bond donors (Lipinski definition) is 1. The van der Waals surface area contributed by atoms with E-state index < -0.39 is 0 Å². The van der Waals surface area contributed by atoms with Gasteiger partial charge in [0.15, 0.2) is 5.82 Å². The van der Waals surface area contributed by atoms with Gasteiger partial charge < -0.3 is 15.1 Å². The lowest BCUT2D eigenvalue weighted by molar-refractivity contribution is -0.121. The predicted octanol–water partition coefficient (Wildman–Crippen LogP) is 2.20. The summed E-state index contributed by atoms with van der Waals surface area (Å²) in [5.41, 5.74) is 2.16. The van der Waals surface area contributed by atoms with E-state index in [2.05, 4.69) is 22.2 Å². The number of rotatable bonds is 8. The normalized spacial score (nSPS) is 10.4. The molecule has 0 unspecified atom stereocenters. The highest BCUT2D eigenvalue weighted by Crippen LogP contribution is 2.25. The topological polar surface area (TPSA) is 78.4 Å². The molecule has 0 spiro atoms. The van der Waals surface area contributed by atoms with Gasteiger partial charge in [0.05, 0.1) is 6.54 Å². The van der Waals surface area contributed by atoms with E-state index in [1.54, 1.807) is 31.6 Å². The van der Waals surface area contributed by atoms with Crippen LogP contribution in [0.2, 0.25) is 0 Å². The second-order valence-electron chi connectivity index (χ2n) is 6.57. The van der Waals surface area contributed by atoms with Gasteiger partial charge in [-0.2, -0.15) is 0 Å². The first-order valence-electron chi connectivity index (χ1n) is 9.05. The van der Waals surface area contributed by atoms with Crippen LogP contribution in [-0.2, 0) is 4.79 Å². The molecule has 0 atom stereocenters. The van der Waals surface area contributed by atoms with Gasteiger partial charge >= 0.3 is 0 Å². The SMILES string of the molecule is CCCCNC(=O)CN(C)C(=O)c1ccc(-c2nccnc2N(C)C)cc1. The smallest absolute Gasteiger partial charge is 0.254 e. The Morgan fingerprint density at radius 3 is 2.33 bits per heavy atom. The fourth-order valence-electron chi connectivity index (χ4n) is 2.60. The molecular formula is C20H27N5O2. The number of nitrogens with one attached hydrogen (secondary N) is 1.